The fourth-order valence-electron chi connectivity index (χ4n) is 2.64. The molecule has 0 bridgehead atoms. The molecule has 0 spiro atoms. The Hall–Kier alpha value is -0.880. The number of carbonyl (C=O) groups excluding carboxylic acids is 1. The Bertz CT molecular complexity index is 488. The molecule has 0 aliphatic heterocycles. The average molecular weight is 382 g/mol. The van der Waals surface area contributed by atoms with E-state index < -0.39 is 5.41 Å². The number of hydrogen-bond acceptors (Lipinski definition) is 3. The SMILES string of the molecule is CCC(CC)(CN)C(=O)NCC(c1cccc(F)c1)N(C)C.Cl.Cl. The minimum Gasteiger partial charge on any atom is -0.354 e. The van der Waals surface area contributed by atoms with Crippen molar-refractivity contribution in [1.82, 2.24) is 10.2 Å². The quantitative estimate of drug-likeness (QED) is 0.726. The largest absolute Gasteiger partial charge is 0.354 e. The van der Waals surface area contributed by atoms with Crippen molar-refractivity contribution < 1.29 is 9.18 Å². The Balaban J connectivity index is 0. The topological polar surface area (TPSA) is 58.4 Å². The molecule has 0 aliphatic carbocycles. The maximum Gasteiger partial charge on any atom is 0.227 e. The lowest BCUT2D eigenvalue weighted by Crippen LogP contribution is -2.47. The molecule has 1 atom stereocenters. The molecule has 1 aromatic rings. The van der Waals surface area contributed by atoms with Gasteiger partial charge in [0.25, 0.3) is 0 Å². The van der Waals surface area contributed by atoms with Crippen molar-refractivity contribution in [2.75, 3.05) is 27.2 Å². The summed E-state index contributed by atoms with van der Waals surface area (Å²) in [6.45, 7) is 4.72. The molecule has 1 amide bonds. The van der Waals surface area contributed by atoms with Crippen molar-refractivity contribution in [2.24, 2.45) is 11.1 Å². The van der Waals surface area contributed by atoms with Crippen molar-refractivity contribution in [3.05, 3.63) is 35.6 Å². The molecular weight excluding hydrogens is 352 g/mol. The Labute approximate surface area is 157 Å². The number of nitrogens with zero attached hydrogens (tertiary/aromatic N) is 1. The molecule has 0 radical (unpaired) electrons. The highest BCUT2D eigenvalue weighted by Gasteiger charge is 2.33. The first-order valence-corrected chi connectivity index (χ1v) is 7.80. The zero-order valence-electron chi connectivity index (χ0n) is 14.8. The summed E-state index contributed by atoms with van der Waals surface area (Å²) in [6.07, 6.45) is 1.41. The van der Waals surface area contributed by atoms with Gasteiger partial charge in [-0.15, -0.1) is 24.8 Å². The van der Waals surface area contributed by atoms with Gasteiger partial charge in [0.2, 0.25) is 5.91 Å². The highest BCUT2D eigenvalue weighted by Crippen LogP contribution is 2.26. The van der Waals surface area contributed by atoms with Crippen LogP contribution in [0.1, 0.15) is 38.3 Å². The van der Waals surface area contributed by atoms with Crippen LogP contribution in [-0.2, 0) is 4.79 Å². The lowest BCUT2D eigenvalue weighted by atomic mass is 9.81. The monoisotopic (exact) mass is 381 g/mol. The van der Waals surface area contributed by atoms with Crippen molar-refractivity contribution in [1.29, 1.82) is 0 Å². The van der Waals surface area contributed by atoms with Crippen LogP contribution in [0.4, 0.5) is 4.39 Å². The second-order valence-electron chi connectivity index (χ2n) is 5.94. The van der Waals surface area contributed by atoms with E-state index in [1.165, 1.54) is 12.1 Å². The molecule has 4 nitrogen and oxygen atoms in total. The van der Waals surface area contributed by atoms with Crippen molar-refractivity contribution >= 4 is 30.7 Å². The standard InChI is InChI=1S/C17H28FN3O.2ClH/c1-5-17(6-2,12-19)16(22)20-11-15(21(3)4)13-8-7-9-14(18)10-13;;/h7-10,15H,5-6,11-12,19H2,1-4H3,(H,20,22);2*1H. The van der Waals surface area contributed by atoms with Crippen LogP contribution >= 0.6 is 24.8 Å². The highest BCUT2D eigenvalue weighted by molar-refractivity contribution is 5.85. The first kappa shape index (κ1) is 25.4. The van der Waals surface area contributed by atoms with Gasteiger partial charge in [0.1, 0.15) is 5.82 Å². The zero-order chi connectivity index (χ0) is 16.8. The number of carbonyl (C=O) groups is 1. The summed E-state index contributed by atoms with van der Waals surface area (Å²) in [6, 6.07) is 6.40. The zero-order valence-corrected chi connectivity index (χ0v) is 16.5. The predicted octanol–water partition coefficient (Wildman–Crippen LogP) is 3.15. The van der Waals surface area contributed by atoms with Crippen LogP contribution in [-0.4, -0.2) is 38.0 Å². The van der Waals surface area contributed by atoms with Gasteiger partial charge in [-0.25, -0.2) is 4.39 Å². The van der Waals surface area contributed by atoms with Crippen LogP contribution in [0.3, 0.4) is 0 Å². The second-order valence-corrected chi connectivity index (χ2v) is 5.94. The first-order valence-electron chi connectivity index (χ1n) is 7.80. The van der Waals surface area contributed by atoms with E-state index in [-0.39, 0.29) is 42.6 Å². The normalized spacial score (nSPS) is 12.1. The maximum absolute atomic E-state index is 13.4. The van der Waals surface area contributed by atoms with Gasteiger partial charge in [0, 0.05) is 13.1 Å². The summed E-state index contributed by atoms with van der Waals surface area (Å²) in [4.78, 5) is 14.5. The highest BCUT2D eigenvalue weighted by atomic mass is 35.5. The fraction of sp³-hybridized carbons (Fsp3) is 0.588. The molecule has 0 heterocycles. The molecule has 140 valence electrons. The van der Waals surface area contributed by atoms with Crippen LogP contribution in [0, 0.1) is 11.2 Å². The molecule has 0 saturated heterocycles. The van der Waals surface area contributed by atoms with E-state index >= 15 is 0 Å². The van der Waals surface area contributed by atoms with E-state index in [4.69, 9.17) is 5.73 Å². The minimum absolute atomic E-state index is 0. The Kier molecular flexibility index (Phi) is 12.3. The molecule has 1 rings (SSSR count). The summed E-state index contributed by atoms with van der Waals surface area (Å²) >= 11 is 0. The molecule has 0 fully saturated rings. The third kappa shape index (κ3) is 6.20. The summed E-state index contributed by atoms with van der Waals surface area (Å²) in [5.41, 5.74) is 6.14. The van der Waals surface area contributed by atoms with E-state index in [0.29, 0.717) is 25.9 Å². The number of likely N-dealkylation sites (N-methyl/N-ethyl adjacent to an activating group) is 1. The number of rotatable bonds is 8. The van der Waals surface area contributed by atoms with E-state index in [9.17, 15) is 9.18 Å². The number of benzene rings is 1. The van der Waals surface area contributed by atoms with Gasteiger partial charge in [-0.3, -0.25) is 4.79 Å². The number of hydrogen-bond donors (Lipinski definition) is 2. The number of halogens is 3. The van der Waals surface area contributed by atoms with E-state index in [1.807, 2.05) is 38.9 Å². The molecular formula is C17H30Cl2FN3O. The van der Waals surface area contributed by atoms with Crippen LogP contribution in [0.25, 0.3) is 0 Å². The van der Waals surface area contributed by atoms with E-state index in [1.54, 1.807) is 6.07 Å². The van der Waals surface area contributed by atoms with Crippen molar-refractivity contribution in [3.8, 4) is 0 Å². The smallest absolute Gasteiger partial charge is 0.227 e. The first-order chi connectivity index (χ1) is 10.4. The summed E-state index contributed by atoms with van der Waals surface area (Å²) in [7, 11) is 3.83. The molecule has 24 heavy (non-hydrogen) atoms. The van der Waals surface area contributed by atoms with Crippen LogP contribution in [0.2, 0.25) is 0 Å². The van der Waals surface area contributed by atoms with Gasteiger partial charge < -0.3 is 16.0 Å². The summed E-state index contributed by atoms with van der Waals surface area (Å²) in [5.74, 6) is -0.294. The van der Waals surface area contributed by atoms with Crippen molar-refractivity contribution in [3.63, 3.8) is 0 Å². The number of nitrogens with two attached hydrogens (primary N) is 1. The van der Waals surface area contributed by atoms with Crippen LogP contribution in [0.5, 0.6) is 0 Å². The summed E-state index contributed by atoms with van der Waals surface area (Å²) < 4.78 is 13.4. The van der Waals surface area contributed by atoms with Gasteiger partial charge >= 0.3 is 0 Å². The summed E-state index contributed by atoms with van der Waals surface area (Å²) in [5, 5.41) is 2.99. The van der Waals surface area contributed by atoms with E-state index in [0.717, 1.165) is 5.56 Å². The molecule has 3 N–H and O–H groups in total. The molecule has 0 saturated carbocycles. The van der Waals surface area contributed by atoms with Crippen LogP contribution in [0.15, 0.2) is 24.3 Å². The Morgan fingerprint density at radius 1 is 1.29 bits per heavy atom. The second kappa shape index (κ2) is 11.6. The number of amides is 1. The molecule has 7 heteroatoms. The van der Waals surface area contributed by atoms with Gasteiger partial charge in [-0.05, 0) is 44.6 Å². The van der Waals surface area contributed by atoms with Gasteiger partial charge in [0.05, 0.1) is 11.5 Å². The Morgan fingerprint density at radius 3 is 2.29 bits per heavy atom. The van der Waals surface area contributed by atoms with Gasteiger partial charge in [-0.1, -0.05) is 26.0 Å². The van der Waals surface area contributed by atoms with Crippen molar-refractivity contribution in [2.45, 2.75) is 32.7 Å². The average Bonchev–Trinajstić information content (AvgIpc) is 2.49. The van der Waals surface area contributed by atoms with Gasteiger partial charge in [0.15, 0.2) is 0 Å². The molecule has 1 unspecified atom stereocenters. The third-order valence-electron chi connectivity index (χ3n) is 4.54. The Morgan fingerprint density at radius 2 is 1.88 bits per heavy atom. The minimum atomic E-state index is -0.515. The third-order valence-corrected chi connectivity index (χ3v) is 4.54. The maximum atomic E-state index is 13.4. The molecule has 1 aromatic carbocycles. The lowest BCUT2D eigenvalue weighted by Gasteiger charge is -2.31. The van der Waals surface area contributed by atoms with Gasteiger partial charge in [-0.2, -0.15) is 0 Å². The van der Waals surface area contributed by atoms with E-state index in [2.05, 4.69) is 5.32 Å². The fourth-order valence-corrected chi connectivity index (χ4v) is 2.64. The van der Waals surface area contributed by atoms with Crippen LogP contribution < -0.4 is 11.1 Å². The lowest BCUT2D eigenvalue weighted by molar-refractivity contribution is -0.131. The predicted molar refractivity (Wildman–Crippen MR) is 102 cm³/mol. The molecule has 0 aromatic heterocycles. The number of nitrogens with one attached hydrogen (secondary N) is 1. The molecule has 0 aliphatic rings.